The molecule has 0 aromatic heterocycles. The first-order valence-corrected chi connectivity index (χ1v) is 27.9. The Morgan fingerprint density at radius 3 is 1.67 bits per heavy atom. The molecule has 3 heterocycles. The van der Waals surface area contributed by atoms with Crippen LogP contribution in [0.1, 0.15) is 148 Å². The molecule has 12 rings (SSSR count). The predicted octanol–water partition coefficient (Wildman–Crippen LogP) is 16.9. The fourth-order valence-electron chi connectivity index (χ4n) is 13.5. The van der Waals surface area contributed by atoms with Gasteiger partial charge in [0.15, 0.2) is 0 Å². The molecule has 6 aromatic carbocycles. The molecule has 2 atom stereocenters. The molecule has 0 amide bonds. The fraction of sp³-hybridized carbons (Fsp3) is 0.373. The molecule has 0 saturated carbocycles. The van der Waals surface area contributed by atoms with Crippen LogP contribution < -0.4 is 25.6 Å². The Balaban J connectivity index is 1.21. The largest absolute Gasteiger partial charge is 0.337 e. The summed E-state index contributed by atoms with van der Waals surface area (Å²) in [6.45, 7) is 32.4. The summed E-state index contributed by atoms with van der Waals surface area (Å²) in [5.74, 6) is 0.275. The van der Waals surface area contributed by atoms with E-state index in [1.54, 1.807) is 5.47 Å². The number of hydrogen-bond donors (Lipinski definition) is 0. The Morgan fingerprint density at radius 1 is 0.597 bits per heavy atom. The van der Waals surface area contributed by atoms with Crippen molar-refractivity contribution in [2.45, 2.75) is 155 Å². The van der Waals surface area contributed by atoms with Crippen molar-refractivity contribution in [3.05, 3.63) is 195 Å². The van der Waals surface area contributed by atoms with Gasteiger partial charge in [-0.3, -0.25) is 0 Å². The van der Waals surface area contributed by atoms with Gasteiger partial charge >= 0.3 is 0 Å². The Morgan fingerprint density at radius 2 is 1.11 bits per heavy atom. The lowest BCUT2D eigenvalue weighted by Crippen LogP contribution is -2.57. The lowest BCUT2D eigenvalue weighted by Gasteiger charge is -2.48. The zero-order valence-corrected chi connectivity index (χ0v) is 46.1. The molecule has 6 aliphatic rings. The quantitative estimate of drug-likeness (QED) is 0.154. The number of fused-ring (bicyclic) bond motifs is 7. The molecular formula is C67H74BN3S. The van der Waals surface area contributed by atoms with Crippen LogP contribution in [-0.4, -0.2) is 12.0 Å². The lowest BCUT2D eigenvalue weighted by molar-refractivity contribution is 0.331. The third kappa shape index (κ3) is 7.52. The Bertz CT molecular complexity index is 3230. The van der Waals surface area contributed by atoms with Crippen molar-refractivity contribution in [1.82, 2.24) is 0 Å². The number of para-hydroxylation sites is 2. The molecule has 5 heteroatoms. The van der Waals surface area contributed by atoms with Gasteiger partial charge in [-0.25, -0.2) is 0 Å². The van der Waals surface area contributed by atoms with Crippen molar-refractivity contribution in [2.75, 3.05) is 14.7 Å². The molecule has 0 fully saturated rings. The summed E-state index contributed by atoms with van der Waals surface area (Å²) in [6.07, 6.45) is 12.2. The lowest BCUT2D eigenvalue weighted by atomic mass is 9.31. The third-order valence-corrected chi connectivity index (χ3v) is 19.5. The summed E-state index contributed by atoms with van der Waals surface area (Å²) in [4.78, 5) is 7.99. The SMILES string of the molecule is CC1=CC2C3=C(SC2C=C1)N(c1ccc(C(C)(C)C)cc1)c1cc(CN(c2ccccc2)c2ccccc2)cc2c1B3c1cc3c(cc1N2c1cc2c(cc1C)C(C)(C)CCC2(C)C)C(C)(C)CCC3(C)C. The molecule has 0 spiro atoms. The second kappa shape index (κ2) is 16.4. The molecule has 2 unspecified atom stereocenters. The van der Waals surface area contributed by atoms with Crippen molar-refractivity contribution in [2.24, 2.45) is 5.92 Å². The standard InChI is InChI=1S/C67H74BN3S/c1-42-24-29-59-49(34-42)60-62(72-59)70(48-27-25-45(26-28-48)63(3,4)5)57-36-44(41-69(46-20-16-14-17-21-46)47-22-18-15-19-23-47)37-58-61(57)68(60)54-38-51-53(67(12,13)33-31-65(51,8)9)40-56(54)71(58)55-39-52-50(35-43(55)2)64(6,7)30-32-66(52,10)11/h14-29,34-40,49,59H,30-33,41H2,1-13H3. The summed E-state index contributed by atoms with van der Waals surface area (Å²) in [6, 6.07) is 47.5. The van der Waals surface area contributed by atoms with Gasteiger partial charge in [0.05, 0.1) is 5.03 Å². The number of hydrogen-bond acceptors (Lipinski definition) is 4. The Kier molecular flexibility index (Phi) is 10.8. The van der Waals surface area contributed by atoms with Crippen LogP contribution in [0.5, 0.6) is 0 Å². The summed E-state index contributed by atoms with van der Waals surface area (Å²) in [5, 5.41) is 1.72. The van der Waals surface area contributed by atoms with Crippen LogP contribution in [0.2, 0.25) is 0 Å². The molecule has 0 radical (unpaired) electrons. The van der Waals surface area contributed by atoms with E-state index in [9.17, 15) is 0 Å². The van der Waals surface area contributed by atoms with E-state index in [0.717, 1.165) is 0 Å². The second-order valence-electron chi connectivity index (χ2n) is 26.0. The normalized spacial score (nSPS) is 21.5. The van der Waals surface area contributed by atoms with Crippen LogP contribution in [0.4, 0.5) is 39.8 Å². The van der Waals surface area contributed by atoms with E-state index in [1.165, 1.54) is 126 Å². The van der Waals surface area contributed by atoms with Crippen molar-refractivity contribution < 1.29 is 0 Å². The zero-order valence-electron chi connectivity index (χ0n) is 45.3. The molecule has 3 aliphatic heterocycles. The first-order valence-electron chi connectivity index (χ1n) is 27.0. The van der Waals surface area contributed by atoms with Crippen molar-refractivity contribution in [1.29, 1.82) is 0 Å². The van der Waals surface area contributed by atoms with E-state index in [0.29, 0.717) is 11.8 Å². The van der Waals surface area contributed by atoms with E-state index in [1.807, 2.05) is 0 Å². The highest BCUT2D eigenvalue weighted by Gasteiger charge is 2.53. The summed E-state index contributed by atoms with van der Waals surface area (Å²) >= 11 is 2.09. The number of thioether (sulfide) groups is 1. The molecule has 3 nitrogen and oxygen atoms in total. The minimum absolute atomic E-state index is 0.0386. The van der Waals surface area contributed by atoms with E-state index in [-0.39, 0.29) is 39.7 Å². The van der Waals surface area contributed by atoms with Crippen LogP contribution in [0.25, 0.3) is 0 Å². The highest BCUT2D eigenvalue weighted by molar-refractivity contribution is 8.04. The highest BCUT2D eigenvalue weighted by atomic mass is 32.2. The molecule has 3 aliphatic carbocycles. The average molecular weight is 964 g/mol. The third-order valence-electron chi connectivity index (χ3n) is 18.1. The van der Waals surface area contributed by atoms with Gasteiger partial charge in [0.25, 0.3) is 0 Å². The maximum absolute atomic E-state index is 2.78. The van der Waals surface area contributed by atoms with Gasteiger partial charge in [-0.2, -0.15) is 0 Å². The van der Waals surface area contributed by atoms with E-state index < -0.39 is 0 Å². The van der Waals surface area contributed by atoms with Gasteiger partial charge in [0, 0.05) is 57.5 Å². The smallest absolute Gasteiger partial charge is 0.249 e. The number of allylic oxidation sites excluding steroid dienone is 4. The van der Waals surface area contributed by atoms with Crippen LogP contribution in [0, 0.1) is 12.8 Å². The van der Waals surface area contributed by atoms with Gasteiger partial charge < -0.3 is 14.7 Å². The monoisotopic (exact) mass is 964 g/mol. The fourth-order valence-corrected chi connectivity index (χ4v) is 15.0. The summed E-state index contributed by atoms with van der Waals surface area (Å²) in [7, 11) is 0. The Hall–Kier alpha value is -5.65. The molecule has 0 saturated heterocycles. The van der Waals surface area contributed by atoms with Gasteiger partial charge in [-0.1, -0.05) is 166 Å². The van der Waals surface area contributed by atoms with Crippen LogP contribution in [0.3, 0.4) is 0 Å². The molecule has 366 valence electrons. The number of aryl methyl sites for hydroxylation is 1. The first kappa shape index (κ1) is 47.4. The van der Waals surface area contributed by atoms with Gasteiger partial charge in [-0.05, 0) is 177 Å². The topological polar surface area (TPSA) is 9.72 Å². The number of anilines is 7. The van der Waals surface area contributed by atoms with Crippen LogP contribution in [-0.2, 0) is 33.6 Å². The van der Waals surface area contributed by atoms with E-state index in [4.69, 9.17) is 0 Å². The molecule has 6 aromatic rings. The van der Waals surface area contributed by atoms with Crippen molar-refractivity contribution in [3.63, 3.8) is 0 Å². The van der Waals surface area contributed by atoms with Crippen molar-refractivity contribution in [3.8, 4) is 0 Å². The number of benzene rings is 6. The Labute approximate surface area is 436 Å². The maximum atomic E-state index is 2.78. The molecular weight excluding hydrogens is 890 g/mol. The van der Waals surface area contributed by atoms with Gasteiger partial charge in [-0.15, -0.1) is 11.8 Å². The molecule has 0 N–H and O–H groups in total. The predicted molar refractivity (Wildman–Crippen MR) is 312 cm³/mol. The number of nitrogens with zero attached hydrogens (tertiary/aromatic N) is 3. The molecule has 72 heavy (non-hydrogen) atoms. The first-order chi connectivity index (χ1) is 34.1. The zero-order chi connectivity index (χ0) is 50.4. The minimum atomic E-state index is 0.0386. The highest BCUT2D eigenvalue weighted by Crippen LogP contribution is 2.58. The van der Waals surface area contributed by atoms with Gasteiger partial charge in [0.1, 0.15) is 0 Å². The van der Waals surface area contributed by atoms with Gasteiger partial charge in [0.2, 0.25) is 6.71 Å². The van der Waals surface area contributed by atoms with E-state index >= 15 is 0 Å². The second-order valence-corrected chi connectivity index (χ2v) is 27.2. The van der Waals surface area contributed by atoms with Crippen LogP contribution in [0.15, 0.2) is 156 Å². The summed E-state index contributed by atoms with van der Waals surface area (Å²) < 4.78 is 0. The van der Waals surface area contributed by atoms with Crippen LogP contribution >= 0.6 is 11.8 Å². The van der Waals surface area contributed by atoms with E-state index in [2.05, 4.69) is 256 Å². The molecule has 0 bridgehead atoms. The maximum Gasteiger partial charge on any atom is 0.249 e. The summed E-state index contributed by atoms with van der Waals surface area (Å²) in [5.41, 5.74) is 25.0. The van der Waals surface area contributed by atoms with Crippen molar-refractivity contribution >= 4 is 69.2 Å². The average Bonchev–Trinajstić information content (AvgIpc) is 3.71. The minimum Gasteiger partial charge on any atom is -0.337 e. The number of rotatable bonds is 6.